The largest absolute Gasteiger partial charge is 0.396 e. The molecule has 6 nitrogen and oxygen atoms in total. The number of carbonyl (C=O) groups is 1. The minimum atomic E-state index is -0.649. The van der Waals surface area contributed by atoms with E-state index in [1.165, 1.54) is 0 Å². The molecule has 2 rings (SSSR count). The number of nitrogen functional groups attached to an aromatic ring is 1. The van der Waals surface area contributed by atoms with Crippen molar-refractivity contribution in [3.63, 3.8) is 0 Å². The number of nitrogens with one attached hydrogen (secondary N) is 1. The molecule has 0 bridgehead atoms. The van der Waals surface area contributed by atoms with Crippen molar-refractivity contribution >= 4 is 52.1 Å². The summed E-state index contributed by atoms with van der Waals surface area (Å²) in [4.78, 5) is 19.8. The standard InChI is InChI=1S/C13H10Cl3N5O/c1-6(7-2-4-18-5-3-7)20-21-13(22)11-8(14)10(17)9(15)12(16)19-11/h2-5H,1H3,(H2,17,19)(H,21,22)/b20-6-. The van der Waals surface area contributed by atoms with Crippen LogP contribution >= 0.6 is 34.8 Å². The third-order valence-electron chi connectivity index (χ3n) is 2.71. The first-order valence-corrected chi connectivity index (χ1v) is 7.10. The third-order valence-corrected chi connectivity index (χ3v) is 3.85. The van der Waals surface area contributed by atoms with Crippen LogP contribution in [0.15, 0.2) is 29.6 Å². The second kappa shape index (κ2) is 6.91. The quantitative estimate of drug-likeness (QED) is 0.500. The van der Waals surface area contributed by atoms with Crippen LogP contribution in [-0.4, -0.2) is 21.6 Å². The second-order valence-electron chi connectivity index (χ2n) is 4.17. The highest BCUT2D eigenvalue weighted by molar-refractivity contribution is 6.46. The maximum Gasteiger partial charge on any atom is 0.291 e. The van der Waals surface area contributed by atoms with E-state index in [-0.39, 0.29) is 26.6 Å². The van der Waals surface area contributed by atoms with E-state index in [2.05, 4.69) is 20.5 Å². The molecule has 0 spiro atoms. The number of hydrogen-bond acceptors (Lipinski definition) is 5. The Labute approximate surface area is 141 Å². The van der Waals surface area contributed by atoms with Gasteiger partial charge in [-0.25, -0.2) is 10.4 Å². The van der Waals surface area contributed by atoms with E-state index in [4.69, 9.17) is 40.5 Å². The molecule has 0 aromatic carbocycles. The highest BCUT2D eigenvalue weighted by Crippen LogP contribution is 2.34. The minimum Gasteiger partial charge on any atom is -0.396 e. The summed E-state index contributed by atoms with van der Waals surface area (Å²) >= 11 is 17.5. The van der Waals surface area contributed by atoms with Crippen molar-refractivity contribution in [2.75, 3.05) is 5.73 Å². The fourth-order valence-corrected chi connectivity index (χ4v) is 2.12. The normalized spacial score (nSPS) is 11.4. The number of nitrogens with two attached hydrogens (primary N) is 1. The van der Waals surface area contributed by atoms with Crippen LogP contribution in [0.1, 0.15) is 23.0 Å². The molecule has 2 heterocycles. The number of aromatic nitrogens is 2. The van der Waals surface area contributed by atoms with Crippen LogP contribution < -0.4 is 11.2 Å². The molecule has 0 unspecified atom stereocenters. The Bertz CT molecular complexity index is 749. The molecule has 114 valence electrons. The van der Waals surface area contributed by atoms with E-state index in [9.17, 15) is 4.79 Å². The lowest BCUT2D eigenvalue weighted by molar-refractivity contribution is 0.0950. The Balaban J connectivity index is 2.24. The van der Waals surface area contributed by atoms with Crippen LogP contribution in [-0.2, 0) is 0 Å². The smallest absolute Gasteiger partial charge is 0.291 e. The Kier molecular flexibility index (Phi) is 5.18. The molecule has 1 amide bonds. The van der Waals surface area contributed by atoms with E-state index < -0.39 is 5.91 Å². The Hall–Kier alpha value is -1.89. The summed E-state index contributed by atoms with van der Waals surface area (Å²) in [6.45, 7) is 1.73. The third kappa shape index (κ3) is 3.47. The molecule has 0 aliphatic heterocycles. The molecule has 0 aliphatic carbocycles. The number of amides is 1. The molecule has 3 N–H and O–H groups in total. The van der Waals surface area contributed by atoms with Crippen LogP contribution in [0.4, 0.5) is 5.69 Å². The van der Waals surface area contributed by atoms with Crippen LogP contribution in [0.2, 0.25) is 15.2 Å². The summed E-state index contributed by atoms with van der Waals surface area (Å²) in [7, 11) is 0. The average Bonchev–Trinajstić information content (AvgIpc) is 2.54. The molecule has 22 heavy (non-hydrogen) atoms. The molecule has 2 aromatic rings. The maximum absolute atomic E-state index is 12.1. The molecule has 0 saturated heterocycles. The molecule has 2 aromatic heterocycles. The summed E-state index contributed by atoms with van der Waals surface area (Å²) in [5.74, 6) is -0.649. The Morgan fingerprint density at radius 1 is 1.23 bits per heavy atom. The fourth-order valence-electron chi connectivity index (χ4n) is 1.53. The van der Waals surface area contributed by atoms with Gasteiger partial charge in [0.2, 0.25) is 0 Å². The lowest BCUT2D eigenvalue weighted by Crippen LogP contribution is -2.21. The Morgan fingerprint density at radius 2 is 1.86 bits per heavy atom. The summed E-state index contributed by atoms with van der Waals surface area (Å²) in [6.07, 6.45) is 3.24. The molecule has 9 heteroatoms. The fraction of sp³-hybridized carbons (Fsp3) is 0.0769. The Morgan fingerprint density at radius 3 is 2.50 bits per heavy atom. The predicted molar refractivity (Wildman–Crippen MR) is 87.6 cm³/mol. The number of anilines is 1. The van der Waals surface area contributed by atoms with Gasteiger partial charge in [-0.05, 0) is 19.1 Å². The number of halogens is 3. The zero-order chi connectivity index (χ0) is 16.3. The minimum absolute atomic E-state index is 0.000293. The first-order chi connectivity index (χ1) is 10.4. The van der Waals surface area contributed by atoms with Crippen molar-refractivity contribution in [3.8, 4) is 0 Å². The highest BCUT2D eigenvalue weighted by Gasteiger charge is 2.19. The topological polar surface area (TPSA) is 93.3 Å². The maximum atomic E-state index is 12.1. The zero-order valence-corrected chi connectivity index (χ0v) is 13.5. The molecular weight excluding hydrogens is 349 g/mol. The van der Waals surface area contributed by atoms with E-state index in [0.29, 0.717) is 5.71 Å². The van der Waals surface area contributed by atoms with Crippen molar-refractivity contribution in [3.05, 3.63) is 51.0 Å². The number of pyridine rings is 2. The van der Waals surface area contributed by atoms with Gasteiger partial charge in [0.25, 0.3) is 5.91 Å². The van der Waals surface area contributed by atoms with Gasteiger partial charge in [0.15, 0.2) is 10.8 Å². The number of nitrogens with zero attached hydrogens (tertiary/aromatic N) is 3. The van der Waals surface area contributed by atoms with E-state index >= 15 is 0 Å². The lowest BCUT2D eigenvalue weighted by atomic mass is 10.2. The van der Waals surface area contributed by atoms with Gasteiger partial charge in [-0.3, -0.25) is 9.78 Å². The van der Waals surface area contributed by atoms with Crippen LogP contribution in [0.5, 0.6) is 0 Å². The first-order valence-electron chi connectivity index (χ1n) is 5.96. The van der Waals surface area contributed by atoms with Crippen LogP contribution in [0.25, 0.3) is 0 Å². The van der Waals surface area contributed by atoms with Crippen LogP contribution in [0.3, 0.4) is 0 Å². The lowest BCUT2D eigenvalue weighted by Gasteiger charge is -2.08. The predicted octanol–water partition coefficient (Wildman–Crippen LogP) is 3.17. The van der Waals surface area contributed by atoms with E-state index in [1.54, 1.807) is 31.5 Å². The summed E-state index contributed by atoms with van der Waals surface area (Å²) < 4.78 is 0. The van der Waals surface area contributed by atoms with Gasteiger partial charge in [0, 0.05) is 18.0 Å². The van der Waals surface area contributed by atoms with Crippen molar-refractivity contribution in [2.45, 2.75) is 6.92 Å². The van der Waals surface area contributed by atoms with Gasteiger partial charge in [-0.15, -0.1) is 0 Å². The van der Waals surface area contributed by atoms with Gasteiger partial charge in [0.05, 0.1) is 16.4 Å². The monoisotopic (exact) mass is 357 g/mol. The van der Waals surface area contributed by atoms with Gasteiger partial charge < -0.3 is 5.73 Å². The molecular formula is C13H10Cl3N5O. The van der Waals surface area contributed by atoms with Gasteiger partial charge in [0.1, 0.15) is 5.02 Å². The van der Waals surface area contributed by atoms with Crippen molar-refractivity contribution in [1.29, 1.82) is 0 Å². The van der Waals surface area contributed by atoms with E-state index in [1.807, 2.05) is 0 Å². The van der Waals surface area contributed by atoms with Gasteiger partial charge >= 0.3 is 0 Å². The molecule has 0 saturated carbocycles. The molecule has 0 aliphatic rings. The average molecular weight is 359 g/mol. The molecule has 0 radical (unpaired) electrons. The number of rotatable bonds is 3. The first kappa shape index (κ1) is 16.5. The van der Waals surface area contributed by atoms with Crippen molar-refractivity contribution in [1.82, 2.24) is 15.4 Å². The van der Waals surface area contributed by atoms with Crippen LogP contribution in [0, 0.1) is 0 Å². The van der Waals surface area contributed by atoms with Crippen molar-refractivity contribution in [2.24, 2.45) is 5.10 Å². The molecule has 0 atom stereocenters. The van der Waals surface area contributed by atoms with Gasteiger partial charge in [-0.2, -0.15) is 5.10 Å². The second-order valence-corrected chi connectivity index (χ2v) is 5.28. The number of carbonyl (C=O) groups excluding carboxylic acids is 1. The van der Waals surface area contributed by atoms with Crippen molar-refractivity contribution < 1.29 is 4.79 Å². The molecule has 0 fully saturated rings. The number of hydrazone groups is 1. The summed E-state index contributed by atoms with van der Waals surface area (Å²) in [5, 5.41) is 3.78. The summed E-state index contributed by atoms with van der Waals surface area (Å²) in [6, 6.07) is 3.51. The SMILES string of the molecule is C/C(=N/NC(=O)c1nc(Cl)c(Cl)c(N)c1Cl)c1ccncc1. The van der Waals surface area contributed by atoms with Gasteiger partial charge in [-0.1, -0.05) is 34.8 Å². The summed E-state index contributed by atoms with van der Waals surface area (Å²) in [5.41, 5.74) is 9.22. The zero-order valence-electron chi connectivity index (χ0n) is 11.3. The number of hydrogen-bond donors (Lipinski definition) is 2. The van der Waals surface area contributed by atoms with E-state index in [0.717, 1.165) is 5.56 Å². The highest BCUT2D eigenvalue weighted by atomic mass is 35.5.